The van der Waals surface area contributed by atoms with Gasteiger partial charge in [0.1, 0.15) is 0 Å². The smallest absolute Gasteiger partial charge is 0.231 e. The van der Waals surface area contributed by atoms with Crippen LogP contribution in [0.15, 0.2) is 0 Å². The number of primary amides is 1. The van der Waals surface area contributed by atoms with Gasteiger partial charge in [-0.25, -0.2) is 0 Å². The van der Waals surface area contributed by atoms with E-state index >= 15 is 0 Å². The lowest BCUT2D eigenvalue weighted by Gasteiger charge is -2.31. The highest BCUT2D eigenvalue weighted by Crippen LogP contribution is 2.22. The molecule has 0 aromatic carbocycles. The second-order valence-electron chi connectivity index (χ2n) is 5.99. The number of piperidine rings is 1. The van der Waals surface area contributed by atoms with Crippen molar-refractivity contribution in [2.75, 3.05) is 25.4 Å². The molecule has 2 amide bonds. The molecule has 19 heavy (non-hydrogen) atoms. The van der Waals surface area contributed by atoms with Crippen LogP contribution < -0.4 is 11.1 Å². The number of nitrogens with one attached hydrogen (secondary N) is 1. The third-order valence-corrected chi connectivity index (χ3v) is 4.24. The largest absolute Gasteiger partial charge is 0.369 e. The molecule has 0 radical (unpaired) electrons. The summed E-state index contributed by atoms with van der Waals surface area (Å²) in [5.74, 6) is 0.322. The van der Waals surface area contributed by atoms with E-state index in [-0.39, 0.29) is 22.6 Å². The highest BCUT2D eigenvalue weighted by molar-refractivity contribution is 8.01. The number of amides is 2. The molecule has 1 aliphatic rings. The monoisotopic (exact) mass is 287 g/mol. The standard InChI is InChI=1S/C13H25N3O2S/c1-13(2,3)19-9-12(18)15-10-4-6-16(7-5-10)8-11(14)17/h10H,4-9H2,1-3H3,(H2,14,17)(H,15,18). The maximum Gasteiger partial charge on any atom is 0.231 e. The summed E-state index contributed by atoms with van der Waals surface area (Å²) < 4.78 is 0.113. The predicted molar refractivity (Wildman–Crippen MR) is 79.0 cm³/mol. The number of nitrogens with zero attached hydrogens (tertiary/aromatic N) is 1. The number of thioether (sulfide) groups is 1. The topological polar surface area (TPSA) is 75.4 Å². The number of carbonyl (C=O) groups is 2. The van der Waals surface area contributed by atoms with Crippen molar-refractivity contribution in [2.24, 2.45) is 5.73 Å². The van der Waals surface area contributed by atoms with Crippen LogP contribution >= 0.6 is 11.8 Å². The van der Waals surface area contributed by atoms with Crippen molar-refractivity contribution in [1.82, 2.24) is 10.2 Å². The van der Waals surface area contributed by atoms with Gasteiger partial charge in [0.25, 0.3) is 0 Å². The summed E-state index contributed by atoms with van der Waals surface area (Å²) in [6, 6.07) is 0.234. The molecule has 5 nitrogen and oxygen atoms in total. The fourth-order valence-electron chi connectivity index (χ4n) is 2.01. The number of hydrogen-bond donors (Lipinski definition) is 2. The van der Waals surface area contributed by atoms with Gasteiger partial charge in [-0.2, -0.15) is 0 Å². The third kappa shape index (κ3) is 7.42. The first-order chi connectivity index (χ1) is 8.76. The highest BCUT2D eigenvalue weighted by Gasteiger charge is 2.22. The molecule has 0 aliphatic carbocycles. The van der Waals surface area contributed by atoms with Crippen LogP contribution in [0, 0.1) is 0 Å². The molecular weight excluding hydrogens is 262 g/mol. The van der Waals surface area contributed by atoms with E-state index in [1.807, 2.05) is 4.90 Å². The van der Waals surface area contributed by atoms with Gasteiger partial charge in [-0.1, -0.05) is 20.8 Å². The van der Waals surface area contributed by atoms with Crippen LogP contribution in [0.25, 0.3) is 0 Å². The summed E-state index contributed by atoms with van der Waals surface area (Å²) in [4.78, 5) is 24.6. The molecule has 1 fully saturated rings. The van der Waals surface area contributed by atoms with Crippen molar-refractivity contribution in [3.63, 3.8) is 0 Å². The lowest BCUT2D eigenvalue weighted by Crippen LogP contribution is -2.47. The van der Waals surface area contributed by atoms with Crippen molar-refractivity contribution in [3.05, 3.63) is 0 Å². The Hall–Kier alpha value is -0.750. The molecule has 0 aromatic rings. The Morgan fingerprint density at radius 2 is 1.89 bits per heavy atom. The molecule has 0 bridgehead atoms. The molecular formula is C13H25N3O2S. The Morgan fingerprint density at radius 1 is 1.32 bits per heavy atom. The summed E-state index contributed by atoms with van der Waals surface area (Å²) in [6.45, 7) is 8.27. The van der Waals surface area contributed by atoms with Crippen LogP contribution in [0.2, 0.25) is 0 Å². The summed E-state index contributed by atoms with van der Waals surface area (Å²) in [7, 11) is 0. The Morgan fingerprint density at radius 3 is 2.37 bits per heavy atom. The first-order valence-electron chi connectivity index (χ1n) is 6.70. The van der Waals surface area contributed by atoms with Gasteiger partial charge in [0.15, 0.2) is 0 Å². The van der Waals surface area contributed by atoms with Crippen LogP contribution in [0.1, 0.15) is 33.6 Å². The van der Waals surface area contributed by atoms with Crippen LogP contribution in [0.4, 0.5) is 0 Å². The van der Waals surface area contributed by atoms with E-state index in [1.54, 1.807) is 11.8 Å². The Kier molecular flexibility index (Phi) is 6.13. The fourth-order valence-corrected chi connectivity index (χ4v) is 2.65. The molecule has 0 spiro atoms. The normalized spacial score (nSPS) is 18.3. The minimum atomic E-state index is -0.288. The van der Waals surface area contributed by atoms with E-state index in [0.717, 1.165) is 25.9 Å². The molecule has 1 saturated heterocycles. The molecule has 1 rings (SSSR count). The zero-order valence-electron chi connectivity index (χ0n) is 12.1. The maximum atomic E-state index is 11.8. The Bertz CT molecular complexity index is 320. The van der Waals surface area contributed by atoms with Crippen LogP contribution in [0.5, 0.6) is 0 Å². The van der Waals surface area contributed by atoms with Gasteiger partial charge < -0.3 is 11.1 Å². The van der Waals surface area contributed by atoms with Crippen molar-refractivity contribution < 1.29 is 9.59 Å². The number of nitrogens with two attached hydrogens (primary N) is 1. The molecule has 0 saturated carbocycles. The molecule has 6 heteroatoms. The number of carbonyl (C=O) groups excluding carboxylic acids is 2. The van der Waals surface area contributed by atoms with Crippen LogP contribution in [0.3, 0.4) is 0 Å². The van der Waals surface area contributed by atoms with Crippen LogP contribution in [-0.2, 0) is 9.59 Å². The molecule has 0 aromatic heterocycles. The van der Waals surface area contributed by atoms with Crippen molar-refractivity contribution in [1.29, 1.82) is 0 Å². The van der Waals surface area contributed by atoms with E-state index < -0.39 is 0 Å². The quantitative estimate of drug-likeness (QED) is 0.776. The van der Waals surface area contributed by atoms with Gasteiger partial charge in [-0.3, -0.25) is 14.5 Å². The minimum absolute atomic E-state index is 0.105. The van der Waals surface area contributed by atoms with Gasteiger partial charge in [0.05, 0.1) is 12.3 Å². The number of rotatable bonds is 5. The summed E-state index contributed by atoms with van der Waals surface area (Å²) in [5, 5.41) is 3.06. The van der Waals surface area contributed by atoms with E-state index in [4.69, 9.17) is 5.73 Å². The maximum absolute atomic E-state index is 11.8. The second kappa shape index (κ2) is 7.14. The van der Waals surface area contributed by atoms with Gasteiger partial charge in [0.2, 0.25) is 11.8 Å². The number of hydrogen-bond acceptors (Lipinski definition) is 4. The lowest BCUT2D eigenvalue weighted by atomic mass is 10.1. The predicted octanol–water partition coefficient (Wildman–Crippen LogP) is 0.584. The van der Waals surface area contributed by atoms with Gasteiger partial charge in [-0.05, 0) is 12.8 Å². The number of likely N-dealkylation sites (tertiary alicyclic amines) is 1. The average molecular weight is 287 g/mol. The van der Waals surface area contributed by atoms with Gasteiger partial charge in [0, 0.05) is 23.9 Å². The van der Waals surface area contributed by atoms with Crippen molar-refractivity contribution in [3.8, 4) is 0 Å². The SMILES string of the molecule is CC(C)(C)SCC(=O)NC1CCN(CC(N)=O)CC1. The lowest BCUT2D eigenvalue weighted by molar-refractivity contribution is -0.121. The van der Waals surface area contributed by atoms with E-state index in [0.29, 0.717) is 12.3 Å². The Labute approximate surface area is 119 Å². The molecule has 3 N–H and O–H groups in total. The average Bonchev–Trinajstić information content (AvgIpc) is 2.28. The van der Waals surface area contributed by atoms with E-state index in [2.05, 4.69) is 26.1 Å². The molecule has 110 valence electrons. The van der Waals surface area contributed by atoms with Crippen molar-refractivity contribution >= 4 is 23.6 Å². The molecule has 0 unspecified atom stereocenters. The van der Waals surface area contributed by atoms with Crippen LogP contribution in [-0.4, -0.2) is 52.9 Å². The van der Waals surface area contributed by atoms with E-state index in [9.17, 15) is 9.59 Å². The van der Waals surface area contributed by atoms with Gasteiger partial charge in [-0.15, -0.1) is 11.8 Å². The Balaban J connectivity index is 2.21. The minimum Gasteiger partial charge on any atom is -0.369 e. The molecule has 1 aliphatic heterocycles. The highest BCUT2D eigenvalue weighted by atomic mass is 32.2. The van der Waals surface area contributed by atoms with E-state index in [1.165, 1.54) is 0 Å². The zero-order chi connectivity index (χ0) is 14.5. The second-order valence-corrected chi connectivity index (χ2v) is 7.79. The first kappa shape index (κ1) is 16.3. The zero-order valence-corrected chi connectivity index (χ0v) is 12.9. The van der Waals surface area contributed by atoms with Gasteiger partial charge >= 0.3 is 0 Å². The summed E-state index contributed by atoms with van der Waals surface area (Å²) in [6.07, 6.45) is 1.78. The molecule has 1 heterocycles. The molecule has 0 atom stereocenters. The van der Waals surface area contributed by atoms with Crippen molar-refractivity contribution in [2.45, 2.75) is 44.4 Å². The summed E-state index contributed by atoms with van der Waals surface area (Å²) >= 11 is 1.66. The fraction of sp³-hybridized carbons (Fsp3) is 0.846. The third-order valence-electron chi connectivity index (χ3n) is 2.97. The summed E-state index contributed by atoms with van der Waals surface area (Å²) in [5.41, 5.74) is 5.17. The first-order valence-corrected chi connectivity index (χ1v) is 7.69.